The molecule has 5 nitrogen and oxygen atoms in total. The number of rotatable bonds is 3. The fraction of sp³-hybridized carbons (Fsp3) is 0.286. The Morgan fingerprint density at radius 1 is 1.26 bits per heavy atom. The zero-order valence-corrected chi connectivity index (χ0v) is 11.0. The molecule has 0 radical (unpaired) electrons. The molecule has 1 amide bonds. The quantitative estimate of drug-likeness (QED) is 0.922. The van der Waals surface area contributed by atoms with Crippen LogP contribution in [0.4, 0.5) is 10.5 Å². The molecule has 0 fully saturated rings. The van der Waals surface area contributed by atoms with Gasteiger partial charge in [0.2, 0.25) is 5.91 Å². The highest BCUT2D eigenvalue weighted by Gasteiger charge is 2.14. The highest BCUT2D eigenvalue weighted by Crippen LogP contribution is 2.26. The topological polar surface area (TPSA) is 60.3 Å². The van der Waals surface area contributed by atoms with Crippen LogP contribution in [-0.2, 0) is 9.53 Å². The minimum Gasteiger partial charge on any atom is -0.449 e. The number of anilines is 1. The van der Waals surface area contributed by atoms with Crippen LogP contribution in [0.15, 0.2) is 30.5 Å². The Labute approximate surface area is 111 Å². The summed E-state index contributed by atoms with van der Waals surface area (Å²) in [6, 6.07) is 7.37. The van der Waals surface area contributed by atoms with E-state index in [1.165, 1.54) is 4.57 Å². The lowest BCUT2D eigenvalue weighted by molar-refractivity contribution is -0.115. The molecule has 0 aliphatic carbocycles. The van der Waals surface area contributed by atoms with Crippen LogP contribution in [-0.4, -0.2) is 23.2 Å². The average Bonchev–Trinajstić information content (AvgIpc) is 2.78. The minimum absolute atomic E-state index is 0.0910. The van der Waals surface area contributed by atoms with Gasteiger partial charge in [0, 0.05) is 18.0 Å². The number of ether oxygens (including phenoxy) is 1. The zero-order chi connectivity index (χ0) is 13.8. The van der Waals surface area contributed by atoms with Crippen LogP contribution < -0.4 is 5.32 Å². The van der Waals surface area contributed by atoms with E-state index in [0.29, 0.717) is 24.2 Å². The Morgan fingerprint density at radius 3 is 2.68 bits per heavy atom. The van der Waals surface area contributed by atoms with Gasteiger partial charge in [-0.25, -0.2) is 4.79 Å². The molecular formula is C14H16N2O3. The number of carbonyl (C=O) groups is 2. The van der Waals surface area contributed by atoms with Gasteiger partial charge in [0.15, 0.2) is 0 Å². The van der Waals surface area contributed by atoms with E-state index in [1.54, 1.807) is 20.0 Å². The molecule has 1 aromatic heterocycles. The summed E-state index contributed by atoms with van der Waals surface area (Å²) in [6.45, 7) is 3.84. The Balaban J connectivity index is 2.48. The molecule has 0 aliphatic rings. The first-order chi connectivity index (χ1) is 9.17. The molecular weight excluding hydrogens is 244 g/mol. The summed E-state index contributed by atoms with van der Waals surface area (Å²) in [4.78, 5) is 23.3. The van der Waals surface area contributed by atoms with E-state index in [2.05, 4.69) is 5.32 Å². The standard InChI is InChI=1S/C14H16N2O3/c1-3-13(17)15-11-9-16(14(18)19-4-2)12-8-6-5-7-10(11)12/h5-9H,3-4H2,1-2H3,(H,15,17). The summed E-state index contributed by atoms with van der Waals surface area (Å²) in [5.74, 6) is -0.0910. The Bertz CT molecular complexity index is 616. The zero-order valence-electron chi connectivity index (χ0n) is 11.0. The van der Waals surface area contributed by atoms with Crippen LogP contribution in [0.5, 0.6) is 0 Å². The summed E-state index contributed by atoms with van der Waals surface area (Å²) < 4.78 is 6.40. The van der Waals surface area contributed by atoms with Crippen LogP contribution >= 0.6 is 0 Å². The Kier molecular flexibility index (Phi) is 3.85. The molecule has 2 aromatic rings. The first-order valence-electron chi connectivity index (χ1n) is 6.24. The normalized spacial score (nSPS) is 10.4. The van der Waals surface area contributed by atoms with Gasteiger partial charge in [0.25, 0.3) is 0 Å². The number of amides is 1. The molecule has 0 unspecified atom stereocenters. The molecule has 2 rings (SSSR count). The van der Waals surface area contributed by atoms with Crippen molar-refractivity contribution in [2.75, 3.05) is 11.9 Å². The lowest BCUT2D eigenvalue weighted by Gasteiger charge is -2.02. The van der Waals surface area contributed by atoms with E-state index in [0.717, 1.165) is 5.39 Å². The van der Waals surface area contributed by atoms with Gasteiger partial charge in [-0.1, -0.05) is 25.1 Å². The van der Waals surface area contributed by atoms with E-state index in [9.17, 15) is 9.59 Å². The first kappa shape index (κ1) is 13.1. The number of benzene rings is 1. The second-order valence-corrected chi connectivity index (χ2v) is 4.03. The minimum atomic E-state index is -0.448. The van der Waals surface area contributed by atoms with Crippen molar-refractivity contribution in [3.8, 4) is 0 Å². The van der Waals surface area contributed by atoms with Crippen molar-refractivity contribution in [1.29, 1.82) is 0 Å². The smallest absolute Gasteiger partial charge is 0.418 e. The highest BCUT2D eigenvalue weighted by molar-refractivity contribution is 6.04. The van der Waals surface area contributed by atoms with Crippen molar-refractivity contribution >= 4 is 28.6 Å². The highest BCUT2D eigenvalue weighted by atomic mass is 16.5. The molecule has 1 aromatic carbocycles. The number of hydrogen-bond donors (Lipinski definition) is 1. The van der Waals surface area contributed by atoms with E-state index in [-0.39, 0.29) is 5.91 Å². The van der Waals surface area contributed by atoms with Crippen molar-refractivity contribution in [2.24, 2.45) is 0 Å². The summed E-state index contributed by atoms with van der Waals surface area (Å²) in [5.41, 5.74) is 1.34. The van der Waals surface area contributed by atoms with Crippen LogP contribution in [0.1, 0.15) is 20.3 Å². The third-order valence-electron chi connectivity index (χ3n) is 2.77. The molecule has 1 heterocycles. The lowest BCUT2D eigenvalue weighted by atomic mass is 10.2. The largest absolute Gasteiger partial charge is 0.449 e. The predicted molar refractivity (Wildman–Crippen MR) is 73.3 cm³/mol. The van der Waals surface area contributed by atoms with Gasteiger partial charge in [0.05, 0.1) is 17.8 Å². The fourth-order valence-corrected chi connectivity index (χ4v) is 1.86. The molecule has 0 bridgehead atoms. The molecule has 0 spiro atoms. The first-order valence-corrected chi connectivity index (χ1v) is 6.24. The van der Waals surface area contributed by atoms with Crippen LogP contribution in [0.2, 0.25) is 0 Å². The lowest BCUT2D eigenvalue weighted by Crippen LogP contribution is -2.12. The number of aromatic nitrogens is 1. The van der Waals surface area contributed by atoms with Gasteiger partial charge in [-0.2, -0.15) is 0 Å². The van der Waals surface area contributed by atoms with Gasteiger partial charge < -0.3 is 10.1 Å². The third-order valence-corrected chi connectivity index (χ3v) is 2.77. The third kappa shape index (κ3) is 2.59. The number of nitrogens with zero attached hydrogens (tertiary/aromatic N) is 1. The number of hydrogen-bond acceptors (Lipinski definition) is 3. The molecule has 0 aliphatic heterocycles. The summed E-state index contributed by atoms with van der Waals surface area (Å²) in [5, 5.41) is 3.60. The molecule has 0 saturated carbocycles. The Morgan fingerprint density at radius 2 is 2.00 bits per heavy atom. The van der Waals surface area contributed by atoms with Gasteiger partial charge in [-0.05, 0) is 13.0 Å². The molecule has 100 valence electrons. The van der Waals surface area contributed by atoms with Crippen LogP contribution in [0.25, 0.3) is 10.9 Å². The predicted octanol–water partition coefficient (Wildman–Crippen LogP) is 2.99. The number of fused-ring (bicyclic) bond motifs is 1. The van der Waals surface area contributed by atoms with Gasteiger partial charge in [-0.3, -0.25) is 9.36 Å². The van der Waals surface area contributed by atoms with Crippen molar-refractivity contribution < 1.29 is 14.3 Å². The van der Waals surface area contributed by atoms with E-state index in [4.69, 9.17) is 4.74 Å². The second-order valence-electron chi connectivity index (χ2n) is 4.03. The van der Waals surface area contributed by atoms with Crippen LogP contribution in [0.3, 0.4) is 0 Å². The van der Waals surface area contributed by atoms with E-state index >= 15 is 0 Å². The van der Waals surface area contributed by atoms with Gasteiger partial charge in [0.1, 0.15) is 0 Å². The van der Waals surface area contributed by atoms with Crippen molar-refractivity contribution in [3.63, 3.8) is 0 Å². The van der Waals surface area contributed by atoms with Gasteiger partial charge >= 0.3 is 6.09 Å². The molecule has 0 atom stereocenters. The second kappa shape index (κ2) is 5.56. The van der Waals surface area contributed by atoms with Gasteiger partial charge in [-0.15, -0.1) is 0 Å². The fourth-order valence-electron chi connectivity index (χ4n) is 1.86. The van der Waals surface area contributed by atoms with Crippen molar-refractivity contribution in [3.05, 3.63) is 30.5 Å². The van der Waals surface area contributed by atoms with E-state index < -0.39 is 6.09 Å². The summed E-state index contributed by atoms with van der Waals surface area (Å²) in [7, 11) is 0. The average molecular weight is 260 g/mol. The molecule has 19 heavy (non-hydrogen) atoms. The monoisotopic (exact) mass is 260 g/mol. The summed E-state index contributed by atoms with van der Waals surface area (Å²) >= 11 is 0. The maximum atomic E-state index is 11.9. The maximum absolute atomic E-state index is 11.9. The molecule has 5 heteroatoms. The molecule has 0 saturated heterocycles. The number of carbonyl (C=O) groups excluding carboxylic acids is 2. The number of nitrogens with one attached hydrogen (secondary N) is 1. The maximum Gasteiger partial charge on any atom is 0.418 e. The van der Waals surface area contributed by atoms with E-state index in [1.807, 2.05) is 24.3 Å². The van der Waals surface area contributed by atoms with Crippen molar-refractivity contribution in [1.82, 2.24) is 4.57 Å². The van der Waals surface area contributed by atoms with Crippen molar-refractivity contribution in [2.45, 2.75) is 20.3 Å². The van der Waals surface area contributed by atoms with Crippen LogP contribution in [0, 0.1) is 0 Å². The summed E-state index contributed by atoms with van der Waals surface area (Å²) in [6.07, 6.45) is 1.53. The number of para-hydroxylation sites is 1. The Hall–Kier alpha value is -2.30. The molecule has 1 N–H and O–H groups in total. The SMILES string of the molecule is CCOC(=O)n1cc(NC(=O)CC)c2ccccc21.